The average molecular weight is 364 g/mol. The molecule has 0 aromatic carbocycles. The molecule has 0 saturated heterocycles. The fourth-order valence-electron chi connectivity index (χ4n) is 3.97. The van der Waals surface area contributed by atoms with Gasteiger partial charge in [0.15, 0.2) is 0 Å². The van der Waals surface area contributed by atoms with Gasteiger partial charge in [0.2, 0.25) is 5.91 Å². The van der Waals surface area contributed by atoms with Gasteiger partial charge in [0.1, 0.15) is 6.07 Å². The third-order valence-electron chi connectivity index (χ3n) is 6.13. The van der Waals surface area contributed by atoms with E-state index >= 15 is 0 Å². The van der Waals surface area contributed by atoms with Crippen LogP contribution in [0.2, 0.25) is 0 Å². The van der Waals surface area contributed by atoms with E-state index in [1.807, 2.05) is 26.1 Å². The van der Waals surface area contributed by atoms with Gasteiger partial charge in [0.25, 0.3) is 0 Å². The summed E-state index contributed by atoms with van der Waals surface area (Å²) in [5.74, 6) is 0.113. The third-order valence-corrected chi connectivity index (χ3v) is 6.13. The van der Waals surface area contributed by atoms with E-state index < -0.39 is 5.41 Å². The maximum atomic E-state index is 12.9. The van der Waals surface area contributed by atoms with E-state index in [-0.39, 0.29) is 11.3 Å². The van der Waals surface area contributed by atoms with Gasteiger partial charge < -0.3 is 5.32 Å². The first kappa shape index (κ1) is 19.4. The van der Waals surface area contributed by atoms with Gasteiger partial charge >= 0.3 is 0 Å². The molecule has 1 aromatic rings. The van der Waals surface area contributed by atoms with Crippen molar-refractivity contribution in [2.24, 2.45) is 5.41 Å². The number of carbonyl (C=O) groups excluding carboxylic acids is 1. The summed E-state index contributed by atoms with van der Waals surface area (Å²) in [7, 11) is 0. The fraction of sp³-hybridized carbons (Fsp3) is 0.522. The smallest absolute Gasteiger partial charge is 0.230 e. The Labute approximate surface area is 162 Å². The maximum Gasteiger partial charge on any atom is 0.230 e. The van der Waals surface area contributed by atoms with Crippen molar-refractivity contribution in [3.05, 3.63) is 53.4 Å². The van der Waals surface area contributed by atoms with Crippen LogP contribution in [0.3, 0.4) is 0 Å². The Hall–Kier alpha value is -2.41. The molecular formula is C23H29N3O. The van der Waals surface area contributed by atoms with Crippen molar-refractivity contribution >= 4 is 5.91 Å². The van der Waals surface area contributed by atoms with Crippen LogP contribution >= 0.6 is 0 Å². The summed E-state index contributed by atoms with van der Waals surface area (Å²) in [6.45, 7) is 6.15. The van der Waals surface area contributed by atoms with Crippen LogP contribution in [0.1, 0.15) is 70.4 Å². The maximum absolute atomic E-state index is 12.9. The lowest BCUT2D eigenvalue weighted by molar-refractivity contribution is -0.128. The number of hydrogen-bond acceptors (Lipinski definition) is 3. The van der Waals surface area contributed by atoms with Crippen LogP contribution in [0.15, 0.2) is 42.3 Å². The number of carbonyl (C=O) groups is 1. The van der Waals surface area contributed by atoms with Crippen molar-refractivity contribution in [1.29, 1.82) is 5.26 Å². The van der Waals surface area contributed by atoms with Crippen LogP contribution < -0.4 is 5.32 Å². The minimum absolute atomic E-state index is 0.113. The van der Waals surface area contributed by atoms with Gasteiger partial charge in [-0.15, -0.1) is 0 Å². The molecule has 0 spiro atoms. The van der Waals surface area contributed by atoms with Gasteiger partial charge in [-0.2, -0.15) is 5.26 Å². The van der Waals surface area contributed by atoms with Gasteiger partial charge in [-0.1, -0.05) is 44.4 Å². The van der Waals surface area contributed by atoms with Crippen LogP contribution in [0.25, 0.3) is 0 Å². The van der Waals surface area contributed by atoms with Crippen molar-refractivity contribution in [2.45, 2.75) is 70.8 Å². The number of nitriles is 1. The molecule has 1 saturated carbocycles. The van der Waals surface area contributed by atoms with Crippen molar-refractivity contribution in [2.75, 3.05) is 0 Å². The molecule has 0 aliphatic heterocycles. The average Bonchev–Trinajstić information content (AvgIpc) is 2.69. The minimum Gasteiger partial charge on any atom is -0.353 e. The molecular weight excluding hydrogens is 334 g/mol. The molecule has 0 radical (unpaired) electrons. The molecule has 142 valence electrons. The Morgan fingerprint density at radius 3 is 2.67 bits per heavy atom. The number of rotatable bonds is 4. The topological polar surface area (TPSA) is 65.8 Å². The number of aromatic nitrogens is 1. The molecule has 1 aromatic heterocycles. The lowest BCUT2D eigenvalue weighted by Crippen LogP contribution is -2.44. The Kier molecular flexibility index (Phi) is 5.51. The van der Waals surface area contributed by atoms with E-state index in [1.54, 1.807) is 6.20 Å². The third kappa shape index (κ3) is 4.13. The van der Waals surface area contributed by atoms with Crippen molar-refractivity contribution in [3.8, 4) is 6.07 Å². The molecule has 1 heterocycles. The van der Waals surface area contributed by atoms with Gasteiger partial charge in [-0.3, -0.25) is 9.78 Å². The number of amides is 1. The first-order chi connectivity index (χ1) is 12.8. The molecule has 1 fully saturated rings. The van der Waals surface area contributed by atoms with Crippen LogP contribution in [-0.2, 0) is 10.2 Å². The molecule has 3 rings (SSSR count). The number of pyridine rings is 1. The number of nitrogens with one attached hydrogen (secondary N) is 1. The van der Waals surface area contributed by atoms with Crippen LogP contribution in [0.5, 0.6) is 0 Å². The normalized spacial score (nSPS) is 23.4. The van der Waals surface area contributed by atoms with Gasteiger partial charge in [-0.25, -0.2) is 0 Å². The molecule has 4 heteroatoms. The molecule has 2 aliphatic rings. The lowest BCUT2D eigenvalue weighted by atomic mass is 9.72. The summed E-state index contributed by atoms with van der Waals surface area (Å²) in [5, 5.41) is 12.4. The highest BCUT2D eigenvalue weighted by Gasteiger charge is 2.35. The molecule has 1 unspecified atom stereocenters. The highest BCUT2D eigenvalue weighted by Crippen LogP contribution is 2.39. The molecule has 1 atom stereocenters. The minimum atomic E-state index is -0.554. The lowest BCUT2D eigenvalue weighted by Gasteiger charge is -2.34. The monoisotopic (exact) mass is 363 g/mol. The van der Waals surface area contributed by atoms with E-state index in [0.717, 1.165) is 30.4 Å². The molecule has 27 heavy (non-hydrogen) atoms. The van der Waals surface area contributed by atoms with Crippen molar-refractivity contribution < 1.29 is 4.79 Å². The summed E-state index contributed by atoms with van der Waals surface area (Å²) < 4.78 is 0. The van der Waals surface area contributed by atoms with Crippen LogP contribution in [0.4, 0.5) is 0 Å². The number of hydrogen-bond donors (Lipinski definition) is 1. The zero-order valence-electron chi connectivity index (χ0n) is 16.6. The second-order valence-corrected chi connectivity index (χ2v) is 8.62. The van der Waals surface area contributed by atoms with E-state index in [1.165, 1.54) is 19.3 Å². The van der Waals surface area contributed by atoms with E-state index in [2.05, 4.69) is 41.5 Å². The number of nitrogens with zero attached hydrogens (tertiary/aromatic N) is 2. The van der Waals surface area contributed by atoms with Crippen LogP contribution in [0, 0.1) is 16.7 Å². The summed E-state index contributed by atoms with van der Waals surface area (Å²) in [6.07, 6.45) is 16.5. The predicted molar refractivity (Wildman–Crippen MR) is 107 cm³/mol. The van der Waals surface area contributed by atoms with Gasteiger partial charge in [-0.05, 0) is 50.3 Å². The Bertz CT molecular complexity index is 809. The first-order valence-corrected chi connectivity index (χ1v) is 9.92. The van der Waals surface area contributed by atoms with E-state index in [9.17, 15) is 4.79 Å². The van der Waals surface area contributed by atoms with E-state index in [0.29, 0.717) is 11.6 Å². The second-order valence-electron chi connectivity index (χ2n) is 8.62. The SMILES string of the molecule is CC(C)(C(=O)NC1CCCCC1)C1=CCC(C)(c2cncc(C#N)c2)C=C1. The largest absolute Gasteiger partial charge is 0.353 e. The molecule has 2 aliphatic carbocycles. The highest BCUT2D eigenvalue weighted by atomic mass is 16.2. The zero-order chi connectivity index (χ0) is 19.5. The summed E-state index contributed by atoms with van der Waals surface area (Å²) >= 11 is 0. The molecule has 1 amide bonds. The summed E-state index contributed by atoms with van der Waals surface area (Å²) in [6, 6.07) is 4.38. The molecule has 1 N–H and O–H groups in total. The number of allylic oxidation sites excluding steroid dienone is 3. The Morgan fingerprint density at radius 1 is 1.30 bits per heavy atom. The highest BCUT2D eigenvalue weighted by molar-refractivity contribution is 5.86. The predicted octanol–water partition coefficient (Wildman–Crippen LogP) is 4.57. The second kappa shape index (κ2) is 7.68. The quantitative estimate of drug-likeness (QED) is 0.852. The molecule has 4 nitrogen and oxygen atoms in total. The Balaban J connectivity index is 1.72. The van der Waals surface area contributed by atoms with Gasteiger partial charge in [0.05, 0.1) is 11.0 Å². The fourth-order valence-corrected chi connectivity index (χ4v) is 3.97. The first-order valence-electron chi connectivity index (χ1n) is 9.92. The summed E-state index contributed by atoms with van der Waals surface area (Å²) in [5.41, 5.74) is 1.89. The Morgan fingerprint density at radius 2 is 2.04 bits per heavy atom. The standard InChI is InChI=1S/C23H29N3O/c1-22(2,21(27)26-20-7-5-4-6-8-20)18-9-11-23(3,12-10-18)19-13-17(14-24)15-25-16-19/h9-11,13,15-16,20H,4-8,12H2,1-3H3,(H,26,27). The van der Waals surface area contributed by atoms with Crippen molar-refractivity contribution in [1.82, 2.24) is 10.3 Å². The van der Waals surface area contributed by atoms with Gasteiger partial charge in [0, 0.05) is 23.9 Å². The molecule has 0 bridgehead atoms. The van der Waals surface area contributed by atoms with Crippen LogP contribution in [-0.4, -0.2) is 16.9 Å². The van der Waals surface area contributed by atoms with Crippen molar-refractivity contribution in [3.63, 3.8) is 0 Å². The zero-order valence-corrected chi connectivity index (χ0v) is 16.6. The van der Waals surface area contributed by atoms with E-state index in [4.69, 9.17) is 5.26 Å². The summed E-state index contributed by atoms with van der Waals surface area (Å²) in [4.78, 5) is 17.1.